The van der Waals surface area contributed by atoms with E-state index in [4.69, 9.17) is 16.3 Å². The first-order valence-electron chi connectivity index (χ1n) is 8.45. The molecule has 2 fully saturated rings. The normalized spacial score (nSPS) is 30.2. The number of aliphatic imine (C=N–C) groups is 1. The van der Waals surface area contributed by atoms with Gasteiger partial charge in [-0.05, 0) is 25.0 Å². The van der Waals surface area contributed by atoms with Crippen LogP contribution in [0.15, 0.2) is 17.1 Å². The summed E-state index contributed by atoms with van der Waals surface area (Å²) in [5.74, 6) is 1.26. The Kier molecular flexibility index (Phi) is 5.39. The topological polar surface area (TPSA) is 65.9 Å². The van der Waals surface area contributed by atoms with Crippen LogP contribution < -0.4 is 10.6 Å². The van der Waals surface area contributed by atoms with E-state index in [0.29, 0.717) is 28.9 Å². The average Bonchev–Trinajstić information content (AvgIpc) is 3.01. The van der Waals surface area contributed by atoms with Gasteiger partial charge >= 0.3 is 0 Å². The maximum Gasteiger partial charge on any atom is 0.191 e. The molecule has 1 aromatic heterocycles. The van der Waals surface area contributed by atoms with E-state index in [1.807, 2.05) is 6.07 Å². The number of hydrogen-bond acceptors (Lipinski definition) is 4. The summed E-state index contributed by atoms with van der Waals surface area (Å²) in [5.41, 5.74) is 0.0859. The first-order valence-corrected chi connectivity index (χ1v) is 9.65. The van der Waals surface area contributed by atoms with Gasteiger partial charge in [-0.3, -0.25) is 4.99 Å². The number of nitrogens with one attached hydrogen (secondary N) is 2. The van der Waals surface area contributed by atoms with Gasteiger partial charge in [-0.1, -0.05) is 25.4 Å². The van der Waals surface area contributed by atoms with Gasteiger partial charge in [0.2, 0.25) is 0 Å². The quantitative estimate of drug-likeness (QED) is 0.562. The number of nitrogens with zero attached hydrogens (tertiary/aromatic N) is 1. The van der Waals surface area contributed by atoms with E-state index in [-0.39, 0.29) is 5.41 Å². The second-order valence-corrected chi connectivity index (χ2v) is 8.90. The van der Waals surface area contributed by atoms with Gasteiger partial charge in [0.15, 0.2) is 5.96 Å². The van der Waals surface area contributed by atoms with E-state index < -0.39 is 6.10 Å². The molecule has 3 N–H and O–H groups in total. The number of guanidine groups is 1. The molecule has 1 saturated carbocycles. The zero-order valence-corrected chi connectivity index (χ0v) is 16.0. The molecule has 0 aromatic carbocycles. The Morgan fingerprint density at radius 1 is 1.54 bits per heavy atom. The van der Waals surface area contributed by atoms with E-state index in [0.717, 1.165) is 23.9 Å². The van der Waals surface area contributed by atoms with Crippen LogP contribution >= 0.6 is 22.9 Å². The van der Waals surface area contributed by atoms with Crippen molar-refractivity contribution >= 4 is 28.9 Å². The maximum absolute atomic E-state index is 10.3. The van der Waals surface area contributed by atoms with Crippen molar-refractivity contribution in [2.45, 2.75) is 44.9 Å². The molecule has 5 nitrogen and oxygen atoms in total. The molecule has 1 aliphatic carbocycles. The smallest absolute Gasteiger partial charge is 0.191 e. The Labute approximate surface area is 152 Å². The molecule has 134 valence electrons. The SMILES string of the molecule is CN=C(NCC(O)c1ccc(Cl)s1)NC1C2CCCOC2C1(C)C. The molecule has 0 amide bonds. The number of aliphatic hydroxyl groups is 1. The molecular weight excluding hydrogens is 346 g/mol. The van der Waals surface area contributed by atoms with Crippen LogP contribution in [0.2, 0.25) is 4.34 Å². The molecule has 3 rings (SSSR count). The molecule has 0 spiro atoms. The number of thiophene rings is 1. The average molecular weight is 372 g/mol. The summed E-state index contributed by atoms with van der Waals surface area (Å²) in [6.07, 6.45) is 2.06. The molecule has 1 aliphatic heterocycles. The van der Waals surface area contributed by atoms with E-state index in [9.17, 15) is 5.11 Å². The van der Waals surface area contributed by atoms with Crippen LogP contribution in [0.3, 0.4) is 0 Å². The molecule has 0 radical (unpaired) electrons. The highest BCUT2D eigenvalue weighted by atomic mass is 35.5. The summed E-state index contributed by atoms with van der Waals surface area (Å²) in [4.78, 5) is 5.16. The monoisotopic (exact) mass is 371 g/mol. The van der Waals surface area contributed by atoms with Crippen LogP contribution in [0.1, 0.15) is 37.7 Å². The lowest BCUT2D eigenvalue weighted by molar-refractivity contribution is -0.188. The Bertz CT molecular complexity index is 604. The summed E-state index contributed by atoms with van der Waals surface area (Å²) >= 11 is 7.32. The predicted octanol–water partition coefficient (Wildman–Crippen LogP) is 2.80. The number of aliphatic hydroxyl groups excluding tert-OH is 1. The van der Waals surface area contributed by atoms with Gasteiger partial charge in [0.25, 0.3) is 0 Å². The number of halogens is 1. The van der Waals surface area contributed by atoms with Crippen LogP contribution in [0.5, 0.6) is 0 Å². The van der Waals surface area contributed by atoms with Gasteiger partial charge in [-0.2, -0.15) is 0 Å². The highest BCUT2D eigenvalue weighted by molar-refractivity contribution is 7.16. The van der Waals surface area contributed by atoms with Crippen molar-refractivity contribution in [1.29, 1.82) is 0 Å². The van der Waals surface area contributed by atoms with Gasteiger partial charge in [0.1, 0.15) is 6.10 Å². The fourth-order valence-corrected chi connectivity index (χ4v) is 5.01. The molecule has 0 bridgehead atoms. The third kappa shape index (κ3) is 3.43. The highest BCUT2D eigenvalue weighted by Crippen LogP contribution is 2.51. The molecule has 4 unspecified atom stereocenters. The third-order valence-corrected chi connectivity index (χ3v) is 6.56. The molecule has 1 saturated heterocycles. The lowest BCUT2D eigenvalue weighted by atomic mass is 9.55. The Hall–Kier alpha value is -0.820. The number of rotatable bonds is 4. The summed E-state index contributed by atoms with van der Waals surface area (Å²) < 4.78 is 6.63. The zero-order chi connectivity index (χ0) is 17.3. The van der Waals surface area contributed by atoms with Crippen molar-refractivity contribution in [1.82, 2.24) is 10.6 Å². The fourth-order valence-electron chi connectivity index (χ4n) is 3.96. The van der Waals surface area contributed by atoms with Gasteiger partial charge in [-0.15, -0.1) is 11.3 Å². The van der Waals surface area contributed by atoms with E-state index in [1.165, 1.54) is 17.8 Å². The van der Waals surface area contributed by atoms with Crippen LogP contribution in [0, 0.1) is 11.3 Å². The molecule has 2 aliphatic rings. The van der Waals surface area contributed by atoms with Crippen molar-refractivity contribution in [3.05, 3.63) is 21.3 Å². The van der Waals surface area contributed by atoms with Crippen molar-refractivity contribution in [3.8, 4) is 0 Å². The standard InChI is InChI=1S/C17H26ClN3O2S/c1-17(2)14(10-5-4-8-23-15(10)17)21-16(19-3)20-9-11(22)12-6-7-13(18)24-12/h6-7,10-11,14-15,22H,4-5,8-9H2,1-3H3,(H2,19,20,21). The first-order chi connectivity index (χ1) is 11.4. The van der Waals surface area contributed by atoms with Crippen LogP contribution in [-0.4, -0.2) is 43.4 Å². The van der Waals surface area contributed by atoms with E-state index >= 15 is 0 Å². The van der Waals surface area contributed by atoms with E-state index in [2.05, 4.69) is 29.5 Å². The van der Waals surface area contributed by atoms with Crippen LogP contribution in [-0.2, 0) is 4.74 Å². The van der Waals surface area contributed by atoms with Crippen molar-refractivity contribution in [2.75, 3.05) is 20.2 Å². The van der Waals surface area contributed by atoms with Gasteiger partial charge in [0, 0.05) is 42.5 Å². The third-order valence-electron chi connectivity index (χ3n) is 5.23. The largest absolute Gasteiger partial charge is 0.386 e. The molecule has 24 heavy (non-hydrogen) atoms. The minimum atomic E-state index is -0.596. The molecule has 7 heteroatoms. The second-order valence-electron chi connectivity index (χ2n) is 7.15. The summed E-state index contributed by atoms with van der Waals surface area (Å²) in [6, 6.07) is 3.99. The lowest BCUT2D eigenvalue weighted by Gasteiger charge is -2.60. The van der Waals surface area contributed by atoms with Gasteiger partial charge in [-0.25, -0.2) is 0 Å². The summed E-state index contributed by atoms with van der Waals surface area (Å²) in [7, 11) is 1.75. The van der Waals surface area contributed by atoms with Crippen molar-refractivity contribution in [3.63, 3.8) is 0 Å². The molecular formula is C17H26ClN3O2S. The number of ether oxygens (including phenoxy) is 1. The van der Waals surface area contributed by atoms with E-state index in [1.54, 1.807) is 13.1 Å². The molecule has 1 aromatic rings. The minimum Gasteiger partial charge on any atom is -0.386 e. The summed E-state index contributed by atoms with van der Waals surface area (Å²) in [6.45, 7) is 5.76. The predicted molar refractivity (Wildman–Crippen MR) is 98.8 cm³/mol. The van der Waals surface area contributed by atoms with Crippen LogP contribution in [0.4, 0.5) is 0 Å². The Morgan fingerprint density at radius 3 is 3.00 bits per heavy atom. The van der Waals surface area contributed by atoms with Crippen molar-refractivity contribution < 1.29 is 9.84 Å². The lowest BCUT2D eigenvalue weighted by Crippen LogP contribution is -2.71. The van der Waals surface area contributed by atoms with Gasteiger partial charge < -0.3 is 20.5 Å². The van der Waals surface area contributed by atoms with Crippen molar-refractivity contribution in [2.24, 2.45) is 16.3 Å². The minimum absolute atomic E-state index is 0.0859. The second kappa shape index (κ2) is 7.20. The maximum atomic E-state index is 10.3. The summed E-state index contributed by atoms with van der Waals surface area (Å²) in [5, 5.41) is 17.0. The molecule has 2 heterocycles. The fraction of sp³-hybridized carbons (Fsp3) is 0.706. The van der Waals surface area contributed by atoms with Crippen LogP contribution in [0.25, 0.3) is 0 Å². The highest BCUT2D eigenvalue weighted by Gasteiger charge is 2.58. The first kappa shape index (κ1) is 18.0. The number of hydrogen-bond donors (Lipinski definition) is 3. The number of fused-ring (bicyclic) bond motifs is 1. The molecule has 4 atom stereocenters. The zero-order valence-electron chi connectivity index (χ0n) is 14.4. The Morgan fingerprint density at radius 2 is 2.33 bits per heavy atom. The Balaban J connectivity index is 1.55. The van der Waals surface area contributed by atoms with Gasteiger partial charge in [0.05, 0.1) is 10.4 Å².